The van der Waals surface area contributed by atoms with Crippen molar-refractivity contribution in [2.45, 2.75) is 40.2 Å². The zero-order chi connectivity index (χ0) is 15.9. The predicted octanol–water partition coefficient (Wildman–Crippen LogP) is 2.45. The fourth-order valence-corrected chi connectivity index (χ4v) is 2.23. The molecule has 22 heavy (non-hydrogen) atoms. The van der Waals surface area contributed by atoms with Crippen molar-refractivity contribution < 1.29 is 9.59 Å². The zero-order valence-corrected chi connectivity index (χ0v) is 14.3. The molecule has 5 nitrogen and oxygen atoms in total. The van der Waals surface area contributed by atoms with Gasteiger partial charge in [0.1, 0.15) is 0 Å². The number of hydrogen-bond donors (Lipinski definition) is 3. The summed E-state index contributed by atoms with van der Waals surface area (Å²) in [6.07, 6.45) is 1.46. The average Bonchev–Trinajstić information content (AvgIpc) is 2.48. The number of carbonyl (C=O) groups is 2. The van der Waals surface area contributed by atoms with Gasteiger partial charge in [-0.15, -0.1) is 12.4 Å². The van der Waals surface area contributed by atoms with Crippen molar-refractivity contribution in [2.24, 2.45) is 11.1 Å². The Hall–Kier alpha value is -1.59. The van der Waals surface area contributed by atoms with E-state index in [1.807, 2.05) is 38.1 Å². The van der Waals surface area contributed by atoms with Crippen molar-refractivity contribution in [3.05, 3.63) is 29.8 Å². The number of nitrogens with two attached hydrogens (primary N) is 1. The summed E-state index contributed by atoms with van der Waals surface area (Å²) in [7, 11) is 0. The van der Waals surface area contributed by atoms with Crippen molar-refractivity contribution in [1.29, 1.82) is 0 Å². The summed E-state index contributed by atoms with van der Waals surface area (Å²) >= 11 is 0. The van der Waals surface area contributed by atoms with E-state index >= 15 is 0 Å². The molecule has 0 atom stereocenters. The number of halogens is 1. The fourth-order valence-electron chi connectivity index (χ4n) is 2.23. The van der Waals surface area contributed by atoms with E-state index in [0.717, 1.165) is 24.1 Å². The third kappa shape index (κ3) is 5.31. The number of carbonyl (C=O) groups excluding carboxylic acids is 2. The van der Waals surface area contributed by atoms with Gasteiger partial charge in [0.05, 0.1) is 5.41 Å². The Bertz CT molecular complexity index is 476. The van der Waals surface area contributed by atoms with Crippen LogP contribution in [0.2, 0.25) is 0 Å². The number of hydrogen-bond acceptors (Lipinski definition) is 3. The fraction of sp³-hybridized carbons (Fsp3) is 0.500. The predicted molar refractivity (Wildman–Crippen MR) is 91.9 cm³/mol. The van der Waals surface area contributed by atoms with Gasteiger partial charge in [-0.3, -0.25) is 9.59 Å². The topological polar surface area (TPSA) is 84.2 Å². The molecule has 1 rings (SSSR count). The maximum atomic E-state index is 12.3. The van der Waals surface area contributed by atoms with Crippen LogP contribution in [0.5, 0.6) is 0 Å². The smallest absolute Gasteiger partial charge is 0.227 e. The second-order valence-corrected chi connectivity index (χ2v) is 5.25. The van der Waals surface area contributed by atoms with E-state index in [1.54, 1.807) is 0 Å². The van der Waals surface area contributed by atoms with Gasteiger partial charge in [-0.2, -0.15) is 0 Å². The normalized spacial score (nSPS) is 10.5. The second kappa shape index (κ2) is 9.43. The Morgan fingerprint density at radius 1 is 1.14 bits per heavy atom. The SMILES string of the molecule is CCC(CC)(CN)C(=O)NCc1ccc(NC(C)=O)cc1.Cl. The second-order valence-electron chi connectivity index (χ2n) is 5.25. The number of benzene rings is 1. The minimum absolute atomic E-state index is 0. The lowest BCUT2D eigenvalue weighted by Gasteiger charge is -2.28. The van der Waals surface area contributed by atoms with Crippen LogP contribution in [-0.2, 0) is 16.1 Å². The maximum absolute atomic E-state index is 12.3. The molecule has 6 heteroatoms. The molecular formula is C16H26ClN3O2. The summed E-state index contributed by atoms with van der Waals surface area (Å²) in [5, 5.41) is 5.65. The Balaban J connectivity index is 0.00000441. The van der Waals surface area contributed by atoms with Crippen molar-refractivity contribution in [3.8, 4) is 0 Å². The van der Waals surface area contributed by atoms with Crippen molar-refractivity contribution in [1.82, 2.24) is 5.32 Å². The van der Waals surface area contributed by atoms with Crippen LogP contribution >= 0.6 is 12.4 Å². The molecule has 2 amide bonds. The summed E-state index contributed by atoms with van der Waals surface area (Å²) in [4.78, 5) is 23.2. The van der Waals surface area contributed by atoms with Crippen LogP contribution < -0.4 is 16.4 Å². The van der Waals surface area contributed by atoms with Gasteiger partial charge in [-0.25, -0.2) is 0 Å². The zero-order valence-electron chi connectivity index (χ0n) is 13.4. The largest absolute Gasteiger partial charge is 0.352 e. The van der Waals surface area contributed by atoms with E-state index in [1.165, 1.54) is 6.92 Å². The van der Waals surface area contributed by atoms with Gasteiger partial charge in [0, 0.05) is 25.7 Å². The van der Waals surface area contributed by atoms with Crippen LogP contribution in [0.3, 0.4) is 0 Å². The molecule has 1 aromatic rings. The van der Waals surface area contributed by atoms with Crippen LogP contribution in [0, 0.1) is 5.41 Å². The molecule has 0 saturated carbocycles. The molecular weight excluding hydrogens is 302 g/mol. The van der Waals surface area contributed by atoms with E-state index in [2.05, 4.69) is 10.6 Å². The number of amides is 2. The molecule has 4 N–H and O–H groups in total. The number of anilines is 1. The van der Waals surface area contributed by atoms with E-state index in [-0.39, 0.29) is 24.2 Å². The van der Waals surface area contributed by atoms with E-state index in [0.29, 0.717) is 13.1 Å². The van der Waals surface area contributed by atoms with Gasteiger partial charge in [-0.1, -0.05) is 26.0 Å². The number of rotatable bonds is 7. The quantitative estimate of drug-likeness (QED) is 0.719. The Morgan fingerprint density at radius 2 is 1.68 bits per heavy atom. The van der Waals surface area contributed by atoms with Gasteiger partial charge >= 0.3 is 0 Å². The summed E-state index contributed by atoms with van der Waals surface area (Å²) < 4.78 is 0. The third-order valence-electron chi connectivity index (χ3n) is 3.95. The summed E-state index contributed by atoms with van der Waals surface area (Å²) in [6.45, 7) is 6.25. The highest BCUT2D eigenvalue weighted by Gasteiger charge is 2.32. The molecule has 0 spiro atoms. The molecule has 0 aromatic heterocycles. The molecule has 0 aliphatic carbocycles. The van der Waals surface area contributed by atoms with Crippen LogP contribution in [0.1, 0.15) is 39.2 Å². The van der Waals surface area contributed by atoms with Gasteiger partial charge < -0.3 is 16.4 Å². The molecule has 1 aromatic carbocycles. The maximum Gasteiger partial charge on any atom is 0.227 e. The summed E-state index contributed by atoms with van der Waals surface area (Å²) in [5.74, 6) is -0.101. The minimum atomic E-state index is -0.476. The van der Waals surface area contributed by atoms with Gasteiger partial charge in [-0.05, 0) is 30.5 Å². The highest BCUT2D eigenvalue weighted by molar-refractivity contribution is 5.88. The van der Waals surface area contributed by atoms with Crippen LogP contribution in [0.15, 0.2) is 24.3 Å². The molecule has 124 valence electrons. The molecule has 0 aliphatic rings. The van der Waals surface area contributed by atoms with Crippen molar-refractivity contribution >= 4 is 29.9 Å². The Kier molecular flexibility index (Phi) is 8.75. The van der Waals surface area contributed by atoms with Gasteiger partial charge in [0.15, 0.2) is 0 Å². The third-order valence-corrected chi connectivity index (χ3v) is 3.95. The van der Waals surface area contributed by atoms with Crippen molar-refractivity contribution in [3.63, 3.8) is 0 Å². The first kappa shape index (κ1) is 20.4. The lowest BCUT2D eigenvalue weighted by molar-refractivity contribution is -0.131. The minimum Gasteiger partial charge on any atom is -0.352 e. The van der Waals surface area contributed by atoms with E-state index < -0.39 is 5.41 Å². The van der Waals surface area contributed by atoms with Crippen LogP contribution in [0.4, 0.5) is 5.69 Å². The number of nitrogens with one attached hydrogen (secondary N) is 2. The molecule has 0 radical (unpaired) electrons. The lowest BCUT2D eigenvalue weighted by Crippen LogP contribution is -2.45. The van der Waals surface area contributed by atoms with E-state index in [4.69, 9.17) is 5.73 Å². The van der Waals surface area contributed by atoms with Crippen LogP contribution in [0.25, 0.3) is 0 Å². The summed E-state index contributed by atoms with van der Waals surface area (Å²) in [5.41, 5.74) is 7.02. The van der Waals surface area contributed by atoms with Gasteiger partial charge in [0.25, 0.3) is 0 Å². The summed E-state index contributed by atoms with van der Waals surface area (Å²) in [6, 6.07) is 7.40. The molecule has 0 saturated heterocycles. The molecule has 0 bridgehead atoms. The average molecular weight is 328 g/mol. The van der Waals surface area contributed by atoms with E-state index in [9.17, 15) is 9.59 Å². The molecule has 0 fully saturated rings. The van der Waals surface area contributed by atoms with Gasteiger partial charge in [0.2, 0.25) is 11.8 Å². The van der Waals surface area contributed by atoms with Crippen LogP contribution in [-0.4, -0.2) is 18.4 Å². The highest BCUT2D eigenvalue weighted by atomic mass is 35.5. The lowest BCUT2D eigenvalue weighted by atomic mass is 9.81. The molecule has 0 unspecified atom stereocenters. The standard InChI is InChI=1S/C16H25N3O2.ClH/c1-4-16(5-2,11-17)15(21)18-10-13-6-8-14(9-7-13)19-12(3)20;/h6-9H,4-5,10-11,17H2,1-3H3,(H,18,21)(H,19,20);1H. The highest BCUT2D eigenvalue weighted by Crippen LogP contribution is 2.25. The van der Waals surface area contributed by atoms with Crippen molar-refractivity contribution in [2.75, 3.05) is 11.9 Å². The Morgan fingerprint density at radius 3 is 2.09 bits per heavy atom. The first-order chi connectivity index (χ1) is 9.97. The first-order valence-corrected chi connectivity index (χ1v) is 7.32. The molecule has 0 heterocycles. The first-order valence-electron chi connectivity index (χ1n) is 7.32. The Labute approximate surface area is 138 Å². The monoisotopic (exact) mass is 327 g/mol. The molecule has 0 aliphatic heterocycles.